The van der Waals surface area contributed by atoms with Crippen LogP contribution in [0.25, 0.3) is 11.1 Å². The van der Waals surface area contributed by atoms with Crippen LogP contribution in [-0.2, 0) is 4.79 Å². The van der Waals surface area contributed by atoms with E-state index in [1.165, 1.54) is 0 Å². The summed E-state index contributed by atoms with van der Waals surface area (Å²) in [5, 5.41) is 2.90. The Morgan fingerprint density at radius 2 is 1.61 bits per heavy atom. The van der Waals surface area contributed by atoms with Crippen LogP contribution >= 0.6 is 0 Å². The molecule has 0 radical (unpaired) electrons. The lowest BCUT2D eigenvalue weighted by molar-refractivity contribution is -0.110. The van der Waals surface area contributed by atoms with Crippen molar-refractivity contribution in [2.75, 3.05) is 5.32 Å². The van der Waals surface area contributed by atoms with E-state index in [9.17, 15) is 4.79 Å². The van der Waals surface area contributed by atoms with Crippen LogP contribution in [0.2, 0.25) is 0 Å². The number of hydrogen-bond acceptors (Lipinski definition) is 1. The Morgan fingerprint density at radius 3 is 2.39 bits per heavy atom. The van der Waals surface area contributed by atoms with Crippen molar-refractivity contribution in [3.8, 4) is 0 Å². The molecule has 0 aliphatic carbocycles. The average molecular weight is 235 g/mol. The zero-order valence-corrected chi connectivity index (χ0v) is 10.1. The highest BCUT2D eigenvalue weighted by atomic mass is 16.2. The maximum Gasteiger partial charge on any atom is 0.256 e. The maximum atomic E-state index is 12.1. The largest absolute Gasteiger partial charge is 0.321 e. The maximum absolute atomic E-state index is 12.1. The molecule has 0 saturated heterocycles. The molecule has 0 spiro atoms. The Labute approximate surface area is 106 Å². The van der Waals surface area contributed by atoms with Gasteiger partial charge in [0, 0.05) is 11.3 Å². The monoisotopic (exact) mass is 235 g/mol. The van der Waals surface area contributed by atoms with Crippen LogP contribution in [0.3, 0.4) is 0 Å². The van der Waals surface area contributed by atoms with E-state index in [4.69, 9.17) is 0 Å². The smallest absolute Gasteiger partial charge is 0.256 e. The number of benzene rings is 2. The third-order valence-electron chi connectivity index (χ3n) is 3.25. The van der Waals surface area contributed by atoms with E-state index in [2.05, 4.69) is 5.32 Å². The van der Waals surface area contributed by atoms with E-state index in [0.29, 0.717) is 0 Å². The number of amides is 1. The molecule has 0 saturated carbocycles. The molecule has 2 nitrogen and oxygen atoms in total. The van der Waals surface area contributed by atoms with Crippen molar-refractivity contribution in [1.82, 2.24) is 0 Å². The molecule has 2 heteroatoms. The number of hydrogen-bond donors (Lipinski definition) is 1. The highest BCUT2D eigenvalue weighted by Gasteiger charge is 2.25. The van der Waals surface area contributed by atoms with E-state index in [1.807, 2.05) is 61.5 Å². The van der Waals surface area contributed by atoms with Crippen molar-refractivity contribution in [3.05, 3.63) is 65.7 Å². The second-order valence-electron chi connectivity index (χ2n) is 4.37. The predicted molar refractivity (Wildman–Crippen MR) is 74.0 cm³/mol. The summed E-state index contributed by atoms with van der Waals surface area (Å²) in [4.78, 5) is 12.1. The molecule has 2 aromatic rings. The number of fused-ring (bicyclic) bond motifs is 1. The van der Waals surface area contributed by atoms with Crippen molar-refractivity contribution in [1.29, 1.82) is 0 Å². The third kappa shape index (κ3) is 1.63. The van der Waals surface area contributed by atoms with Gasteiger partial charge in [0.15, 0.2) is 0 Å². The van der Waals surface area contributed by atoms with Crippen LogP contribution in [0.5, 0.6) is 0 Å². The summed E-state index contributed by atoms with van der Waals surface area (Å²) >= 11 is 0. The minimum Gasteiger partial charge on any atom is -0.321 e. The summed E-state index contributed by atoms with van der Waals surface area (Å²) < 4.78 is 0. The molecular weight excluding hydrogens is 222 g/mol. The van der Waals surface area contributed by atoms with Gasteiger partial charge in [-0.25, -0.2) is 0 Å². The van der Waals surface area contributed by atoms with Gasteiger partial charge in [-0.05, 0) is 24.1 Å². The van der Waals surface area contributed by atoms with Gasteiger partial charge in [0.25, 0.3) is 5.91 Å². The van der Waals surface area contributed by atoms with Crippen molar-refractivity contribution < 1.29 is 4.79 Å². The summed E-state index contributed by atoms with van der Waals surface area (Å²) in [5.41, 5.74) is 4.76. The second-order valence-corrected chi connectivity index (χ2v) is 4.37. The second kappa shape index (κ2) is 4.15. The lowest BCUT2D eigenvalue weighted by Crippen LogP contribution is -2.05. The van der Waals surface area contributed by atoms with Gasteiger partial charge < -0.3 is 5.32 Å². The highest BCUT2D eigenvalue weighted by Crippen LogP contribution is 2.36. The summed E-state index contributed by atoms with van der Waals surface area (Å²) in [6.45, 7) is 1.99. The zero-order valence-electron chi connectivity index (χ0n) is 10.1. The lowest BCUT2D eigenvalue weighted by atomic mass is 9.97. The lowest BCUT2D eigenvalue weighted by Gasteiger charge is -2.05. The summed E-state index contributed by atoms with van der Waals surface area (Å²) in [5.74, 6) is -0.0162. The SMILES string of the molecule is C/C(=C1/C(=O)Nc2ccccc21)c1ccccc1. The van der Waals surface area contributed by atoms with Crippen molar-refractivity contribution in [2.24, 2.45) is 0 Å². The molecule has 0 atom stereocenters. The van der Waals surface area contributed by atoms with Gasteiger partial charge in [0.2, 0.25) is 0 Å². The van der Waals surface area contributed by atoms with Crippen molar-refractivity contribution in [3.63, 3.8) is 0 Å². The first-order valence-electron chi connectivity index (χ1n) is 5.94. The molecule has 1 N–H and O–H groups in total. The number of allylic oxidation sites excluding steroid dienone is 1. The fraction of sp³-hybridized carbons (Fsp3) is 0.0625. The fourth-order valence-corrected chi connectivity index (χ4v) is 2.32. The normalized spacial score (nSPS) is 16.2. The first-order chi connectivity index (χ1) is 8.77. The molecule has 1 heterocycles. The quantitative estimate of drug-likeness (QED) is 0.752. The number of anilines is 1. The number of carbonyl (C=O) groups is 1. The summed E-state index contributed by atoms with van der Waals surface area (Å²) in [7, 11) is 0. The minimum absolute atomic E-state index is 0.0162. The van der Waals surface area contributed by atoms with Gasteiger partial charge in [0.05, 0.1) is 5.57 Å². The molecule has 1 amide bonds. The molecule has 1 aliphatic heterocycles. The fourth-order valence-electron chi connectivity index (χ4n) is 2.32. The standard InChI is InChI=1S/C16H13NO/c1-11(12-7-3-2-4-8-12)15-13-9-5-6-10-14(13)17-16(15)18/h2-10H,1H3,(H,17,18)/b15-11-. The summed E-state index contributed by atoms with van der Waals surface area (Å²) in [6, 6.07) is 17.8. The van der Waals surface area contributed by atoms with Gasteiger partial charge >= 0.3 is 0 Å². The molecule has 3 rings (SSSR count). The van der Waals surface area contributed by atoms with Crippen LogP contribution in [-0.4, -0.2) is 5.91 Å². The number of carbonyl (C=O) groups excluding carboxylic acids is 1. The Hall–Kier alpha value is -2.35. The predicted octanol–water partition coefficient (Wildman–Crippen LogP) is 3.57. The van der Waals surface area contributed by atoms with E-state index in [0.717, 1.165) is 28.0 Å². The summed E-state index contributed by atoms with van der Waals surface area (Å²) in [6.07, 6.45) is 0. The van der Waals surface area contributed by atoms with Gasteiger partial charge in [0.1, 0.15) is 0 Å². The van der Waals surface area contributed by atoms with E-state index >= 15 is 0 Å². The minimum atomic E-state index is -0.0162. The Bertz CT molecular complexity index is 641. The van der Waals surface area contributed by atoms with E-state index < -0.39 is 0 Å². The Morgan fingerprint density at radius 1 is 0.944 bits per heavy atom. The molecule has 1 aliphatic rings. The van der Waals surface area contributed by atoms with E-state index in [-0.39, 0.29) is 5.91 Å². The van der Waals surface area contributed by atoms with Crippen LogP contribution < -0.4 is 5.32 Å². The molecule has 0 aromatic heterocycles. The molecule has 18 heavy (non-hydrogen) atoms. The number of nitrogens with one attached hydrogen (secondary N) is 1. The molecule has 0 unspecified atom stereocenters. The Balaban J connectivity index is 2.20. The molecule has 88 valence electrons. The molecule has 2 aromatic carbocycles. The van der Waals surface area contributed by atoms with Crippen molar-refractivity contribution in [2.45, 2.75) is 6.92 Å². The third-order valence-corrected chi connectivity index (χ3v) is 3.25. The van der Waals surface area contributed by atoms with Gasteiger partial charge in [-0.2, -0.15) is 0 Å². The van der Waals surface area contributed by atoms with E-state index in [1.54, 1.807) is 0 Å². The molecular formula is C16H13NO. The number of rotatable bonds is 1. The van der Waals surface area contributed by atoms with Gasteiger partial charge in [-0.1, -0.05) is 48.5 Å². The van der Waals surface area contributed by atoms with Gasteiger partial charge in [-0.15, -0.1) is 0 Å². The average Bonchev–Trinajstić information content (AvgIpc) is 2.75. The van der Waals surface area contributed by atoms with Crippen LogP contribution in [0.4, 0.5) is 5.69 Å². The first-order valence-corrected chi connectivity index (χ1v) is 5.94. The Kier molecular flexibility index (Phi) is 2.49. The first kappa shape index (κ1) is 10.8. The number of para-hydroxylation sites is 1. The van der Waals surface area contributed by atoms with Crippen LogP contribution in [0, 0.1) is 0 Å². The molecule has 0 fully saturated rings. The van der Waals surface area contributed by atoms with Crippen LogP contribution in [0.1, 0.15) is 18.1 Å². The van der Waals surface area contributed by atoms with Crippen molar-refractivity contribution >= 4 is 22.7 Å². The van der Waals surface area contributed by atoms with Gasteiger partial charge in [-0.3, -0.25) is 4.79 Å². The molecule has 0 bridgehead atoms. The highest BCUT2D eigenvalue weighted by molar-refractivity contribution is 6.36. The topological polar surface area (TPSA) is 29.1 Å². The van der Waals surface area contributed by atoms with Crippen LogP contribution in [0.15, 0.2) is 54.6 Å². The zero-order chi connectivity index (χ0) is 12.5.